The molecule has 0 aliphatic rings. The van der Waals surface area contributed by atoms with Crippen LogP contribution in [-0.4, -0.2) is 15.9 Å². The Kier molecular flexibility index (Phi) is 6.61. The van der Waals surface area contributed by atoms with Crippen LogP contribution >= 0.6 is 11.1 Å². The monoisotopic (exact) mass is 492 g/mol. The fourth-order valence-electron chi connectivity index (χ4n) is 4.50. The van der Waals surface area contributed by atoms with E-state index in [1.165, 1.54) is 15.6 Å². The standard InChI is InChI=1S/C30H25ClOSi2/c31-34(29-22-12-4-13-23-29,30-24-14-5-15-25-30)32-33(26-16-6-1-7-17-26,27-18-8-2-9-19-27)28-20-10-3-11-21-28/h1-25H. The van der Waals surface area contributed by atoms with Gasteiger partial charge in [0, 0.05) is 0 Å². The Labute approximate surface area is 208 Å². The van der Waals surface area contributed by atoms with Crippen LogP contribution in [-0.2, 0) is 4.12 Å². The summed E-state index contributed by atoms with van der Waals surface area (Å²) < 4.78 is 7.60. The molecule has 0 aromatic heterocycles. The van der Waals surface area contributed by atoms with Crippen LogP contribution in [0.4, 0.5) is 0 Å². The molecule has 5 rings (SSSR count). The molecule has 5 aromatic rings. The summed E-state index contributed by atoms with van der Waals surface area (Å²) in [6.07, 6.45) is 0. The lowest BCUT2D eigenvalue weighted by Crippen LogP contribution is -2.76. The third-order valence-corrected chi connectivity index (χ3v) is 16.1. The summed E-state index contributed by atoms with van der Waals surface area (Å²) in [5, 5.41) is 5.62. The first-order chi connectivity index (χ1) is 16.7. The van der Waals surface area contributed by atoms with Crippen LogP contribution < -0.4 is 25.9 Å². The smallest absolute Gasteiger partial charge is 0.346 e. The molecule has 0 saturated carbocycles. The van der Waals surface area contributed by atoms with Gasteiger partial charge >= 0.3 is 7.63 Å². The molecule has 0 atom stereocenters. The third kappa shape index (κ3) is 4.19. The summed E-state index contributed by atoms with van der Waals surface area (Å²) >= 11 is 7.78. The molecule has 5 aromatic carbocycles. The van der Waals surface area contributed by atoms with Crippen LogP contribution in [0.2, 0.25) is 0 Å². The number of rotatable bonds is 7. The van der Waals surface area contributed by atoms with Gasteiger partial charge in [-0.1, -0.05) is 152 Å². The van der Waals surface area contributed by atoms with Crippen molar-refractivity contribution in [3.63, 3.8) is 0 Å². The molecule has 0 spiro atoms. The van der Waals surface area contributed by atoms with Crippen molar-refractivity contribution in [1.82, 2.24) is 0 Å². The van der Waals surface area contributed by atoms with Crippen LogP contribution in [0.3, 0.4) is 0 Å². The van der Waals surface area contributed by atoms with Crippen LogP contribution in [0.15, 0.2) is 152 Å². The van der Waals surface area contributed by atoms with Crippen molar-refractivity contribution < 1.29 is 4.12 Å². The Morgan fingerprint density at radius 3 is 0.853 bits per heavy atom. The van der Waals surface area contributed by atoms with Gasteiger partial charge in [0.05, 0.1) is 0 Å². The molecule has 0 saturated heterocycles. The first-order valence-corrected chi connectivity index (χ1v) is 16.2. The molecule has 4 heteroatoms. The minimum Gasteiger partial charge on any atom is -0.427 e. The quantitative estimate of drug-likeness (QED) is 0.188. The fourth-order valence-corrected chi connectivity index (χ4v) is 14.9. The SMILES string of the molecule is Cl[Si](O[Si](c1ccccc1)(c1ccccc1)c1ccccc1)(c1ccccc1)c1ccccc1. The van der Waals surface area contributed by atoms with Crippen LogP contribution in [0.25, 0.3) is 0 Å². The van der Waals surface area contributed by atoms with Gasteiger partial charge in [0.1, 0.15) is 0 Å². The molecular weight excluding hydrogens is 468 g/mol. The zero-order valence-electron chi connectivity index (χ0n) is 18.7. The van der Waals surface area contributed by atoms with Crippen molar-refractivity contribution in [3.05, 3.63) is 152 Å². The molecule has 0 amide bonds. The summed E-state index contributed by atoms with van der Waals surface area (Å²) in [7, 11) is -6.15. The van der Waals surface area contributed by atoms with Crippen molar-refractivity contribution >= 4 is 53.0 Å². The van der Waals surface area contributed by atoms with Gasteiger partial charge in [-0.3, -0.25) is 0 Å². The van der Waals surface area contributed by atoms with Crippen molar-refractivity contribution in [3.8, 4) is 0 Å². The maximum absolute atomic E-state index is 7.78. The van der Waals surface area contributed by atoms with E-state index in [-0.39, 0.29) is 0 Å². The lowest BCUT2D eigenvalue weighted by atomic mass is 10.3. The molecule has 1 nitrogen and oxygen atoms in total. The summed E-state index contributed by atoms with van der Waals surface area (Å²) in [5.74, 6) is 0. The van der Waals surface area contributed by atoms with E-state index in [1.807, 2.05) is 36.4 Å². The van der Waals surface area contributed by atoms with E-state index < -0.39 is 15.9 Å². The number of benzene rings is 5. The minimum absolute atomic E-state index is 1.04. The van der Waals surface area contributed by atoms with E-state index in [2.05, 4.69) is 115 Å². The van der Waals surface area contributed by atoms with E-state index >= 15 is 0 Å². The van der Waals surface area contributed by atoms with E-state index in [0.717, 1.165) is 10.4 Å². The Morgan fingerprint density at radius 1 is 0.353 bits per heavy atom. The average Bonchev–Trinajstić information content (AvgIpc) is 2.94. The molecular formula is C30H25ClOSi2. The van der Waals surface area contributed by atoms with Crippen LogP contribution in [0.5, 0.6) is 0 Å². The molecule has 0 unspecified atom stereocenters. The molecule has 0 N–H and O–H groups in total. The first kappa shape index (κ1) is 22.6. The normalized spacial score (nSPS) is 11.8. The van der Waals surface area contributed by atoms with Crippen molar-refractivity contribution in [2.75, 3.05) is 0 Å². The molecule has 34 heavy (non-hydrogen) atoms. The van der Waals surface area contributed by atoms with Gasteiger partial charge in [-0.25, -0.2) is 0 Å². The van der Waals surface area contributed by atoms with Gasteiger partial charge in [0.25, 0.3) is 8.32 Å². The third-order valence-electron chi connectivity index (χ3n) is 6.12. The molecule has 0 aliphatic carbocycles. The van der Waals surface area contributed by atoms with E-state index in [4.69, 9.17) is 15.2 Å². The highest BCUT2D eigenvalue weighted by molar-refractivity contribution is 7.34. The van der Waals surface area contributed by atoms with Gasteiger partial charge in [0.15, 0.2) is 0 Å². The number of halogens is 1. The summed E-state index contributed by atoms with van der Waals surface area (Å²) in [5.41, 5.74) is 0. The van der Waals surface area contributed by atoms with Gasteiger partial charge in [0.2, 0.25) is 0 Å². The second-order valence-electron chi connectivity index (χ2n) is 8.21. The minimum atomic E-state index is -3.15. The number of hydrogen-bond donors (Lipinski definition) is 0. The molecule has 0 heterocycles. The Morgan fingerprint density at radius 2 is 0.588 bits per heavy atom. The van der Waals surface area contributed by atoms with Crippen molar-refractivity contribution in [1.29, 1.82) is 0 Å². The zero-order valence-corrected chi connectivity index (χ0v) is 21.5. The maximum Gasteiger partial charge on any atom is 0.346 e. The summed E-state index contributed by atoms with van der Waals surface area (Å²) in [6.45, 7) is 0. The summed E-state index contributed by atoms with van der Waals surface area (Å²) in [6, 6.07) is 52.5. The Hall–Kier alpha value is -3.22. The average molecular weight is 493 g/mol. The highest BCUT2D eigenvalue weighted by atomic mass is 35.6. The van der Waals surface area contributed by atoms with Crippen molar-refractivity contribution in [2.24, 2.45) is 0 Å². The van der Waals surface area contributed by atoms with Crippen LogP contribution in [0, 0.1) is 0 Å². The fraction of sp³-hybridized carbons (Fsp3) is 0. The van der Waals surface area contributed by atoms with Crippen LogP contribution in [0.1, 0.15) is 0 Å². The zero-order chi connectivity index (χ0) is 23.3. The second kappa shape index (κ2) is 9.96. The van der Waals surface area contributed by atoms with Gasteiger partial charge in [-0.05, 0) is 25.9 Å². The lowest BCUT2D eigenvalue weighted by molar-refractivity contribution is 0.608. The Bertz CT molecular complexity index is 1180. The second-order valence-corrected chi connectivity index (χ2v) is 16.1. The largest absolute Gasteiger partial charge is 0.427 e. The summed E-state index contributed by atoms with van der Waals surface area (Å²) in [4.78, 5) is 0. The predicted molar refractivity (Wildman–Crippen MR) is 149 cm³/mol. The number of hydrogen-bond acceptors (Lipinski definition) is 1. The first-order valence-electron chi connectivity index (χ1n) is 11.4. The molecule has 0 radical (unpaired) electrons. The molecule has 0 aliphatic heterocycles. The van der Waals surface area contributed by atoms with Gasteiger partial charge < -0.3 is 4.12 Å². The maximum atomic E-state index is 7.78. The highest BCUT2D eigenvalue weighted by Gasteiger charge is 2.51. The molecule has 0 fully saturated rings. The Balaban J connectivity index is 1.83. The predicted octanol–water partition coefficient (Wildman–Crippen LogP) is 4.17. The topological polar surface area (TPSA) is 9.23 Å². The van der Waals surface area contributed by atoms with E-state index in [1.54, 1.807) is 0 Å². The highest BCUT2D eigenvalue weighted by Crippen LogP contribution is 2.20. The molecule has 0 bridgehead atoms. The van der Waals surface area contributed by atoms with E-state index in [9.17, 15) is 0 Å². The van der Waals surface area contributed by atoms with Crippen molar-refractivity contribution in [2.45, 2.75) is 0 Å². The lowest BCUT2D eigenvalue weighted by Gasteiger charge is -2.40. The van der Waals surface area contributed by atoms with Gasteiger partial charge in [-0.2, -0.15) is 0 Å². The van der Waals surface area contributed by atoms with Gasteiger partial charge in [-0.15, -0.1) is 11.1 Å². The molecule has 166 valence electrons. The van der Waals surface area contributed by atoms with E-state index in [0.29, 0.717) is 0 Å².